The lowest BCUT2D eigenvalue weighted by molar-refractivity contribution is 0.152. The number of hydrogen-bond acceptors (Lipinski definition) is 3. The van der Waals surface area contributed by atoms with Crippen molar-refractivity contribution < 1.29 is 9.84 Å². The molecular formula is C16H21NO2. The normalized spacial score (nSPS) is 14.7. The number of methoxy groups -OCH3 is 1. The quantitative estimate of drug-likeness (QED) is 0.840. The van der Waals surface area contributed by atoms with Crippen LogP contribution in [-0.4, -0.2) is 36.8 Å². The summed E-state index contributed by atoms with van der Waals surface area (Å²) in [7, 11) is 3.81. The molecule has 0 amide bonds. The Balaban J connectivity index is 2.12. The van der Waals surface area contributed by atoms with Gasteiger partial charge in [-0.05, 0) is 37.6 Å². The molecule has 0 saturated heterocycles. The molecule has 1 aromatic carbocycles. The summed E-state index contributed by atoms with van der Waals surface area (Å²) in [5.74, 6) is 6.38. The van der Waals surface area contributed by atoms with E-state index in [1.807, 2.05) is 6.07 Å². The number of rotatable bonds is 4. The zero-order valence-electron chi connectivity index (χ0n) is 11.6. The third kappa shape index (κ3) is 3.50. The Morgan fingerprint density at radius 3 is 2.79 bits per heavy atom. The molecule has 0 radical (unpaired) electrons. The molecule has 3 nitrogen and oxygen atoms in total. The molecule has 0 bridgehead atoms. The van der Waals surface area contributed by atoms with Gasteiger partial charge < -0.3 is 9.84 Å². The first kappa shape index (κ1) is 13.9. The standard InChI is InChI=1S/C16H21NO2/c1-17(15-6-3-7-15)12-13-8-9-16(19-2)14(11-13)5-4-10-18/h8-9,11,15,18H,3,6-7,10,12H2,1-2H3. The maximum Gasteiger partial charge on any atom is 0.134 e. The van der Waals surface area contributed by atoms with E-state index in [-0.39, 0.29) is 6.61 Å². The Hall–Kier alpha value is -1.50. The minimum absolute atomic E-state index is 0.130. The molecule has 1 fully saturated rings. The van der Waals surface area contributed by atoms with Gasteiger partial charge in [-0.1, -0.05) is 24.3 Å². The molecule has 0 spiro atoms. The number of aliphatic hydroxyl groups is 1. The predicted molar refractivity (Wildman–Crippen MR) is 76.1 cm³/mol. The first-order chi connectivity index (χ1) is 9.24. The lowest BCUT2D eigenvalue weighted by Crippen LogP contribution is -2.36. The fraction of sp³-hybridized carbons (Fsp3) is 0.500. The number of nitrogens with zero attached hydrogens (tertiary/aromatic N) is 1. The largest absolute Gasteiger partial charge is 0.495 e. The Labute approximate surface area is 115 Å². The summed E-state index contributed by atoms with van der Waals surface area (Å²) in [6.07, 6.45) is 3.97. The highest BCUT2D eigenvalue weighted by Gasteiger charge is 2.21. The van der Waals surface area contributed by atoms with Crippen molar-refractivity contribution >= 4 is 0 Å². The number of aliphatic hydroxyl groups excluding tert-OH is 1. The maximum atomic E-state index is 8.80. The van der Waals surface area contributed by atoms with E-state index in [2.05, 4.69) is 35.9 Å². The molecule has 1 aliphatic rings. The van der Waals surface area contributed by atoms with Crippen LogP contribution in [0.4, 0.5) is 0 Å². The van der Waals surface area contributed by atoms with Crippen LogP contribution in [0.2, 0.25) is 0 Å². The summed E-state index contributed by atoms with van der Waals surface area (Å²) in [6.45, 7) is 0.803. The fourth-order valence-electron chi connectivity index (χ4n) is 2.33. The molecule has 0 aliphatic heterocycles. The van der Waals surface area contributed by atoms with E-state index in [0.717, 1.165) is 23.9 Å². The van der Waals surface area contributed by atoms with Crippen molar-refractivity contribution in [2.45, 2.75) is 31.8 Å². The Morgan fingerprint density at radius 1 is 1.42 bits per heavy atom. The van der Waals surface area contributed by atoms with E-state index >= 15 is 0 Å². The average Bonchev–Trinajstić information content (AvgIpc) is 2.34. The molecule has 102 valence electrons. The first-order valence-corrected chi connectivity index (χ1v) is 6.71. The van der Waals surface area contributed by atoms with Gasteiger partial charge in [0.05, 0.1) is 12.7 Å². The Kier molecular flexibility index (Phi) is 4.84. The van der Waals surface area contributed by atoms with Crippen LogP contribution >= 0.6 is 0 Å². The molecule has 0 heterocycles. The van der Waals surface area contributed by atoms with Gasteiger partial charge in [0.1, 0.15) is 12.4 Å². The van der Waals surface area contributed by atoms with Crippen LogP contribution in [0.15, 0.2) is 18.2 Å². The lowest BCUT2D eigenvalue weighted by Gasteiger charge is -2.34. The van der Waals surface area contributed by atoms with Crippen molar-refractivity contribution in [3.63, 3.8) is 0 Å². The van der Waals surface area contributed by atoms with Gasteiger partial charge in [0, 0.05) is 12.6 Å². The van der Waals surface area contributed by atoms with Crippen LogP contribution in [0.25, 0.3) is 0 Å². The zero-order chi connectivity index (χ0) is 13.7. The van der Waals surface area contributed by atoms with Crippen molar-refractivity contribution in [1.82, 2.24) is 4.90 Å². The molecular weight excluding hydrogens is 238 g/mol. The predicted octanol–water partition coefficient (Wildman–Crippen LogP) is 2.02. The third-order valence-electron chi connectivity index (χ3n) is 3.70. The smallest absolute Gasteiger partial charge is 0.134 e. The molecule has 0 unspecified atom stereocenters. The van der Waals surface area contributed by atoms with Crippen molar-refractivity contribution in [3.8, 4) is 17.6 Å². The minimum atomic E-state index is -0.130. The van der Waals surface area contributed by atoms with Crippen LogP contribution in [0, 0.1) is 11.8 Å². The van der Waals surface area contributed by atoms with Crippen LogP contribution in [0.5, 0.6) is 5.75 Å². The van der Waals surface area contributed by atoms with Crippen LogP contribution < -0.4 is 4.74 Å². The topological polar surface area (TPSA) is 32.7 Å². The van der Waals surface area contributed by atoms with Gasteiger partial charge in [0.25, 0.3) is 0 Å². The zero-order valence-corrected chi connectivity index (χ0v) is 11.6. The SMILES string of the molecule is COc1ccc(CN(C)C2CCC2)cc1C#CCO. The van der Waals surface area contributed by atoms with Crippen LogP contribution in [0.3, 0.4) is 0 Å². The minimum Gasteiger partial charge on any atom is -0.495 e. The van der Waals surface area contributed by atoms with E-state index in [1.165, 1.54) is 24.8 Å². The second kappa shape index (κ2) is 6.60. The van der Waals surface area contributed by atoms with E-state index < -0.39 is 0 Å². The highest BCUT2D eigenvalue weighted by atomic mass is 16.5. The average molecular weight is 259 g/mol. The van der Waals surface area contributed by atoms with Crippen molar-refractivity contribution in [2.75, 3.05) is 20.8 Å². The first-order valence-electron chi connectivity index (χ1n) is 6.71. The molecule has 0 aromatic heterocycles. The van der Waals surface area contributed by atoms with Gasteiger partial charge in [0.15, 0.2) is 0 Å². The summed E-state index contributed by atoms with van der Waals surface area (Å²) >= 11 is 0. The summed E-state index contributed by atoms with van der Waals surface area (Å²) in [5.41, 5.74) is 2.08. The third-order valence-corrected chi connectivity index (χ3v) is 3.70. The van der Waals surface area contributed by atoms with Gasteiger partial charge in [-0.2, -0.15) is 0 Å². The van der Waals surface area contributed by atoms with E-state index in [4.69, 9.17) is 9.84 Å². The van der Waals surface area contributed by atoms with Crippen molar-refractivity contribution in [2.24, 2.45) is 0 Å². The highest BCUT2D eigenvalue weighted by Crippen LogP contribution is 2.26. The van der Waals surface area contributed by atoms with Crippen LogP contribution in [0.1, 0.15) is 30.4 Å². The number of ether oxygens (including phenoxy) is 1. The van der Waals surface area contributed by atoms with Gasteiger partial charge in [-0.3, -0.25) is 4.90 Å². The van der Waals surface area contributed by atoms with Crippen molar-refractivity contribution in [3.05, 3.63) is 29.3 Å². The summed E-state index contributed by atoms with van der Waals surface area (Å²) in [4.78, 5) is 2.40. The molecule has 0 atom stereocenters. The Bertz CT molecular complexity index is 483. The number of hydrogen-bond donors (Lipinski definition) is 1. The van der Waals surface area contributed by atoms with E-state index in [1.54, 1.807) is 7.11 Å². The molecule has 1 saturated carbocycles. The Morgan fingerprint density at radius 2 is 2.21 bits per heavy atom. The van der Waals surface area contributed by atoms with Gasteiger partial charge in [0.2, 0.25) is 0 Å². The summed E-state index contributed by atoms with van der Waals surface area (Å²) in [6, 6.07) is 6.81. The molecule has 1 aliphatic carbocycles. The van der Waals surface area contributed by atoms with Gasteiger partial charge >= 0.3 is 0 Å². The second-order valence-corrected chi connectivity index (χ2v) is 4.99. The second-order valence-electron chi connectivity index (χ2n) is 4.99. The van der Waals surface area contributed by atoms with Gasteiger partial charge in [-0.15, -0.1) is 0 Å². The fourth-order valence-corrected chi connectivity index (χ4v) is 2.33. The van der Waals surface area contributed by atoms with Crippen molar-refractivity contribution in [1.29, 1.82) is 0 Å². The molecule has 1 aromatic rings. The molecule has 19 heavy (non-hydrogen) atoms. The maximum absolute atomic E-state index is 8.80. The van der Waals surface area contributed by atoms with Gasteiger partial charge in [-0.25, -0.2) is 0 Å². The molecule has 1 N–H and O–H groups in total. The summed E-state index contributed by atoms with van der Waals surface area (Å²) < 4.78 is 5.28. The number of benzene rings is 1. The molecule has 2 rings (SSSR count). The summed E-state index contributed by atoms with van der Waals surface area (Å²) in [5, 5.41) is 8.80. The molecule has 3 heteroatoms. The van der Waals surface area contributed by atoms with Crippen LogP contribution in [-0.2, 0) is 6.54 Å². The lowest BCUT2D eigenvalue weighted by atomic mass is 9.91. The monoisotopic (exact) mass is 259 g/mol. The van der Waals surface area contributed by atoms with E-state index in [0.29, 0.717) is 0 Å². The highest BCUT2D eigenvalue weighted by molar-refractivity contribution is 5.48. The van der Waals surface area contributed by atoms with E-state index in [9.17, 15) is 0 Å².